The second kappa shape index (κ2) is 5.68. The number of hydrogen-bond donors (Lipinski definition) is 1. The summed E-state index contributed by atoms with van der Waals surface area (Å²) in [7, 11) is 0. The minimum atomic E-state index is 0.0221. The number of nitrogens with one attached hydrogen (secondary N) is 1. The first-order valence-electron chi connectivity index (χ1n) is 8.15. The van der Waals surface area contributed by atoms with Gasteiger partial charge in [-0.1, -0.05) is 6.07 Å². The highest BCUT2D eigenvalue weighted by atomic mass is 16.2. The average Bonchev–Trinajstić information content (AvgIpc) is 3.24. The zero-order valence-corrected chi connectivity index (χ0v) is 12.6. The van der Waals surface area contributed by atoms with E-state index in [4.69, 9.17) is 0 Å². The van der Waals surface area contributed by atoms with Crippen molar-refractivity contribution in [2.45, 2.75) is 37.6 Å². The fourth-order valence-electron chi connectivity index (χ4n) is 3.64. The van der Waals surface area contributed by atoms with E-state index in [1.54, 1.807) is 0 Å². The predicted molar refractivity (Wildman–Crippen MR) is 82.6 cm³/mol. The minimum Gasteiger partial charge on any atom is -0.341 e. The number of piperidine rings is 1. The third-order valence-electron chi connectivity index (χ3n) is 4.80. The van der Waals surface area contributed by atoms with Crippen molar-refractivity contribution in [3.8, 4) is 0 Å². The van der Waals surface area contributed by atoms with Gasteiger partial charge in [0.15, 0.2) is 5.65 Å². The van der Waals surface area contributed by atoms with Gasteiger partial charge in [-0.3, -0.25) is 9.20 Å². The van der Waals surface area contributed by atoms with Gasteiger partial charge in [0.2, 0.25) is 5.91 Å². The highest BCUT2D eigenvalue weighted by Gasteiger charge is 2.32. The fourth-order valence-corrected chi connectivity index (χ4v) is 3.64. The minimum absolute atomic E-state index is 0.0221. The molecule has 0 aromatic carbocycles. The quantitative estimate of drug-likeness (QED) is 0.905. The molecule has 0 radical (unpaired) electrons. The molecule has 2 aromatic rings. The first-order valence-corrected chi connectivity index (χ1v) is 8.15. The summed E-state index contributed by atoms with van der Waals surface area (Å²) in [5.74, 6) is 1.51. The maximum absolute atomic E-state index is 12.6. The van der Waals surface area contributed by atoms with Crippen LogP contribution in [-0.2, 0) is 4.79 Å². The number of aromatic nitrogens is 3. The lowest BCUT2D eigenvalue weighted by atomic mass is 9.96. The van der Waals surface area contributed by atoms with E-state index in [1.165, 1.54) is 0 Å². The Morgan fingerprint density at radius 2 is 2.18 bits per heavy atom. The highest BCUT2D eigenvalue weighted by molar-refractivity contribution is 5.82. The summed E-state index contributed by atoms with van der Waals surface area (Å²) >= 11 is 0. The van der Waals surface area contributed by atoms with Crippen LogP contribution >= 0.6 is 0 Å². The average molecular weight is 299 g/mol. The van der Waals surface area contributed by atoms with Gasteiger partial charge in [-0.05, 0) is 44.4 Å². The molecule has 2 unspecified atom stereocenters. The van der Waals surface area contributed by atoms with Crippen molar-refractivity contribution < 1.29 is 4.79 Å². The zero-order valence-electron chi connectivity index (χ0n) is 12.6. The maximum atomic E-state index is 12.6. The van der Waals surface area contributed by atoms with E-state index in [2.05, 4.69) is 15.5 Å². The third kappa shape index (κ3) is 2.37. The molecule has 22 heavy (non-hydrogen) atoms. The van der Waals surface area contributed by atoms with Gasteiger partial charge in [-0.2, -0.15) is 0 Å². The molecule has 2 aliphatic heterocycles. The largest absolute Gasteiger partial charge is 0.341 e. The Hall–Kier alpha value is -1.95. The van der Waals surface area contributed by atoms with E-state index in [0.29, 0.717) is 0 Å². The van der Waals surface area contributed by atoms with Crippen molar-refractivity contribution in [2.24, 2.45) is 0 Å². The van der Waals surface area contributed by atoms with Gasteiger partial charge in [0.05, 0.1) is 6.04 Å². The molecule has 2 saturated heterocycles. The molecule has 6 nitrogen and oxygen atoms in total. The number of pyridine rings is 1. The van der Waals surface area contributed by atoms with Crippen LogP contribution in [0.4, 0.5) is 0 Å². The lowest BCUT2D eigenvalue weighted by molar-refractivity contribution is -0.134. The van der Waals surface area contributed by atoms with Gasteiger partial charge in [-0.15, -0.1) is 10.2 Å². The molecular formula is C16H21N5O. The molecule has 2 atom stereocenters. The van der Waals surface area contributed by atoms with Crippen molar-refractivity contribution in [1.29, 1.82) is 0 Å². The van der Waals surface area contributed by atoms with Gasteiger partial charge >= 0.3 is 0 Å². The van der Waals surface area contributed by atoms with Crippen LogP contribution in [0, 0.1) is 0 Å². The summed E-state index contributed by atoms with van der Waals surface area (Å²) < 4.78 is 2.05. The Morgan fingerprint density at radius 3 is 3.05 bits per heavy atom. The van der Waals surface area contributed by atoms with Crippen molar-refractivity contribution in [2.75, 3.05) is 19.6 Å². The van der Waals surface area contributed by atoms with E-state index in [9.17, 15) is 4.79 Å². The van der Waals surface area contributed by atoms with Crippen LogP contribution < -0.4 is 5.32 Å². The van der Waals surface area contributed by atoms with Crippen LogP contribution in [0.1, 0.15) is 37.4 Å². The monoisotopic (exact) mass is 299 g/mol. The standard InChI is InChI=1S/C16H21N5O/c22-16(13-6-3-8-17-13)20-9-4-5-12(11-20)15-19-18-14-7-1-2-10-21(14)15/h1-2,7,10,12-13,17H,3-6,8-9,11H2. The van der Waals surface area contributed by atoms with Crippen LogP contribution in [-0.4, -0.2) is 51.1 Å². The molecule has 2 aliphatic rings. The lowest BCUT2D eigenvalue weighted by Gasteiger charge is -2.33. The normalized spacial score (nSPS) is 25.7. The number of hydrogen-bond acceptors (Lipinski definition) is 4. The molecule has 4 rings (SSSR count). The summed E-state index contributed by atoms with van der Waals surface area (Å²) in [6.07, 6.45) is 6.17. The molecule has 0 spiro atoms. The van der Waals surface area contributed by atoms with Gasteiger partial charge < -0.3 is 10.2 Å². The zero-order chi connectivity index (χ0) is 14.9. The number of likely N-dealkylation sites (tertiary alicyclic amines) is 1. The number of nitrogens with zero attached hydrogens (tertiary/aromatic N) is 4. The highest BCUT2D eigenvalue weighted by Crippen LogP contribution is 2.27. The predicted octanol–water partition coefficient (Wildman–Crippen LogP) is 1.19. The Labute approximate surface area is 129 Å². The van der Waals surface area contributed by atoms with E-state index >= 15 is 0 Å². The third-order valence-corrected chi connectivity index (χ3v) is 4.80. The fraction of sp³-hybridized carbons (Fsp3) is 0.562. The molecule has 1 amide bonds. The summed E-state index contributed by atoms with van der Waals surface area (Å²) in [4.78, 5) is 14.6. The van der Waals surface area contributed by atoms with E-state index < -0.39 is 0 Å². The summed E-state index contributed by atoms with van der Waals surface area (Å²) in [6, 6.07) is 5.95. The second-order valence-corrected chi connectivity index (χ2v) is 6.26. The van der Waals surface area contributed by atoms with Crippen LogP contribution in [0.15, 0.2) is 24.4 Å². The van der Waals surface area contributed by atoms with Crippen LogP contribution in [0.3, 0.4) is 0 Å². The first-order chi connectivity index (χ1) is 10.8. The van der Waals surface area contributed by atoms with Crippen LogP contribution in [0.25, 0.3) is 5.65 Å². The van der Waals surface area contributed by atoms with E-state index in [0.717, 1.165) is 56.8 Å². The number of carbonyl (C=O) groups excluding carboxylic acids is 1. The molecule has 0 bridgehead atoms. The number of carbonyl (C=O) groups is 1. The Balaban J connectivity index is 1.54. The number of amides is 1. The van der Waals surface area contributed by atoms with Gasteiger partial charge in [0.25, 0.3) is 0 Å². The van der Waals surface area contributed by atoms with Gasteiger partial charge in [0, 0.05) is 25.2 Å². The summed E-state index contributed by atoms with van der Waals surface area (Å²) in [5.41, 5.74) is 0.874. The van der Waals surface area contributed by atoms with E-state index in [-0.39, 0.29) is 17.9 Å². The molecule has 116 valence electrons. The summed E-state index contributed by atoms with van der Waals surface area (Å²) in [6.45, 7) is 2.58. The Morgan fingerprint density at radius 1 is 1.23 bits per heavy atom. The van der Waals surface area contributed by atoms with Crippen molar-refractivity contribution >= 4 is 11.6 Å². The summed E-state index contributed by atoms with van der Waals surface area (Å²) in [5, 5.41) is 11.9. The topological polar surface area (TPSA) is 62.5 Å². The number of rotatable bonds is 2. The van der Waals surface area contributed by atoms with Crippen molar-refractivity contribution in [1.82, 2.24) is 24.8 Å². The molecule has 4 heterocycles. The Bertz CT molecular complexity index is 676. The van der Waals surface area contributed by atoms with Gasteiger partial charge in [0.1, 0.15) is 5.82 Å². The number of fused-ring (bicyclic) bond motifs is 1. The van der Waals surface area contributed by atoms with Crippen molar-refractivity contribution in [3.63, 3.8) is 0 Å². The van der Waals surface area contributed by atoms with Crippen LogP contribution in [0.5, 0.6) is 0 Å². The maximum Gasteiger partial charge on any atom is 0.239 e. The smallest absolute Gasteiger partial charge is 0.239 e. The SMILES string of the molecule is O=C(C1CCCN1)N1CCCC(c2nnc3ccccn23)C1. The lowest BCUT2D eigenvalue weighted by Crippen LogP contribution is -2.47. The Kier molecular flexibility index (Phi) is 3.54. The molecule has 2 aromatic heterocycles. The second-order valence-electron chi connectivity index (χ2n) is 6.26. The molecule has 0 aliphatic carbocycles. The van der Waals surface area contributed by atoms with Crippen molar-refractivity contribution in [3.05, 3.63) is 30.2 Å². The van der Waals surface area contributed by atoms with E-state index in [1.807, 2.05) is 33.7 Å². The molecule has 1 N–H and O–H groups in total. The van der Waals surface area contributed by atoms with Crippen LogP contribution in [0.2, 0.25) is 0 Å². The molecule has 6 heteroatoms. The molecular weight excluding hydrogens is 278 g/mol. The first kappa shape index (κ1) is 13.7. The molecule has 0 saturated carbocycles. The molecule has 2 fully saturated rings. The van der Waals surface area contributed by atoms with Gasteiger partial charge in [-0.25, -0.2) is 0 Å².